The summed E-state index contributed by atoms with van der Waals surface area (Å²) in [5.74, 6) is -0.114. The molecule has 3 rings (SSSR count). The smallest absolute Gasteiger partial charge is 0.276 e. The van der Waals surface area contributed by atoms with Crippen LogP contribution in [-0.2, 0) is 4.79 Å². The molecule has 0 radical (unpaired) electrons. The SMILES string of the molecule is COc1cccc(-n2nnc(C(=O)N(C)CC(=O)Nc3ccccc3Cl)c2C)c1. The quantitative estimate of drug-likeness (QED) is 0.671. The minimum Gasteiger partial charge on any atom is -0.497 e. The summed E-state index contributed by atoms with van der Waals surface area (Å²) in [5.41, 5.74) is 1.93. The van der Waals surface area contributed by atoms with Crippen LogP contribution in [0.1, 0.15) is 16.2 Å². The number of halogens is 1. The lowest BCUT2D eigenvalue weighted by Gasteiger charge is -2.16. The number of anilines is 1. The molecule has 1 N–H and O–H groups in total. The van der Waals surface area contributed by atoms with Gasteiger partial charge in [0.1, 0.15) is 5.75 Å². The minimum absolute atomic E-state index is 0.157. The Morgan fingerprint density at radius 1 is 1.21 bits per heavy atom. The van der Waals surface area contributed by atoms with E-state index in [1.54, 1.807) is 49.0 Å². The summed E-state index contributed by atoms with van der Waals surface area (Å²) >= 11 is 6.04. The van der Waals surface area contributed by atoms with Crippen LogP contribution >= 0.6 is 11.6 Å². The lowest BCUT2D eigenvalue weighted by molar-refractivity contribution is -0.116. The van der Waals surface area contributed by atoms with E-state index in [2.05, 4.69) is 15.6 Å². The highest BCUT2D eigenvalue weighted by Gasteiger charge is 2.22. The van der Waals surface area contributed by atoms with Crippen LogP contribution in [0, 0.1) is 6.92 Å². The molecule has 2 amide bonds. The van der Waals surface area contributed by atoms with Crippen molar-refractivity contribution in [3.63, 3.8) is 0 Å². The molecule has 0 aliphatic heterocycles. The third-order valence-electron chi connectivity index (χ3n) is 4.27. The van der Waals surface area contributed by atoms with Crippen molar-refractivity contribution in [2.75, 3.05) is 26.0 Å². The molecule has 0 unspecified atom stereocenters. The van der Waals surface area contributed by atoms with Crippen molar-refractivity contribution in [1.29, 1.82) is 0 Å². The van der Waals surface area contributed by atoms with Gasteiger partial charge in [0.05, 0.1) is 35.7 Å². The lowest BCUT2D eigenvalue weighted by Crippen LogP contribution is -2.35. The molecule has 0 saturated heterocycles. The Balaban J connectivity index is 1.72. The third-order valence-corrected chi connectivity index (χ3v) is 4.60. The summed E-state index contributed by atoms with van der Waals surface area (Å²) in [6.45, 7) is 1.58. The first-order valence-corrected chi connectivity index (χ1v) is 9.15. The topological polar surface area (TPSA) is 89.3 Å². The van der Waals surface area contributed by atoms with E-state index in [9.17, 15) is 9.59 Å². The van der Waals surface area contributed by atoms with Crippen LogP contribution in [0.25, 0.3) is 5.69 Å². The second-order valence-corrected chi connectivity index (χ2v) is 6.73. The Kier molecular flexibility index (Phi) is 6.13. The number of carbonyl (C=O) groups is 2. The van der Waals surface area contributed by atoms with Gasteiger partial charge in [-0.3, -0.25) is 9.59 Å². The van der Waals surface area contributed by atoms with Gasteiger partial charge in [-0.15, -0.1) is 5.10 Å². The molecule has 0 bridgehead atoms. The highest BCUT2D eigenvalue weighted by molar-refractivity contribution is 6.33. The maximum Gasteiger partial charge on any atom is 0.276 e. The molecule has 0 fully saturated rings. The van der Waals surface area contributed by atoms with Gasteiger partial charge in [-0.2, -0.15) is 0 Å². The number of benzene rings is 2. The summed E-state index contributed by atoms with van der Waals surface area (Å²) in [6.07, 6.45) is 0. The van der Waals surface area contributed by atoms with Crippen LogP contribution in [0.2, 0.25) is 5.02 Å². The van der Waals surface area contributed by atoms with Gasteiger partial charge in [-0.25, -0.2) is 4.68 Å². The number of para-hydroxylation sites is 1. The summed E-state index contributed by atoms with van der Waals surface area (Å²) in [7, 11) is 3.10. The predicted molar refractivity (Wildman–Crippen MR) is 110 cm³/mol. The zero-order valence-electron chi connectivity index (χ0n) is 16.2. The number of carbonyl (C=O) groups excluding carboxylic acids is 2. The zero-order valence-corrected chi connectivity index (χ0v) is 17.0. The van der Waals surface area contributed by atoms with E-state index in [4.69, 9.17) is 16.3 Å². The van der Waals surface area contributed by atoms with Gasteiger partial charge in [0, 0.05) is 13.1 Å². The number of nitrogens with one attached hydrogen (secondary N) is 1. The second kappa shape index (κ2) is 8.74. The first-order valence-electron chi connectivity index (χ1n) is 8.77. The summed E-state index contributed by atoms with van der Waals surface area (Å²) in [6, 6.07) is 14.1. The van der Waals surface area contributed by atoms with E-state index in [-0.39, 0.29) is 18.1 Å². The van der Waals surface area contributed by atoms with E-state index in [0.29, 0.717) is 27.8 Å². The van der Waals surface area contributed by atoms with Crippen LogP contribution in [0.4, 0.5) is 5.69 Å². The fourth-order valence-corrected chi connectivity index (χ4v) is 2.92. The molecule has 0 aliphatic rings. The standard InChI is InChI=1S/C20H20ClN5O3/c1-13-19(23-24-26(13)14-7-6-8-15(11-14)29-3)20(28)25(2)12-18(27)22-17-10-5-4-9-16(17)21/h4-11H,12H2,1-3H3,(H,22,27). The van der Waals surface area contributed by atoms with Gasteiger partial charge < -0.3 is 15.0 Å². The highest BCUT2D eigenvalue weighted by Crippen LogP contribution is 2.21. The molecule has 1 heterocycles. The lowest BCUT2D eigenvalue weighted by atomic mass is 10.2. The van der Waals surface area contributed by atoms with E-state index < -0.39 is 5.91 Å². The maximum atomic E-state index is 12.8. The van der Waals surface area contributed by atoms with Crippen LogP contribution < -0.4 is 10.1 Å². The average Bonchev–Trinajstić information content (AvgIpc) is 3.10. The van der Waals surface area contributed by atoms with Gasteiger partial charge in [-0.05, 0) is 31.2 Å². The number of hydrogen-bond donors (Lipinski definition) is 1. The van der Waals surface area contributed by atoms with Crippen LogP contribution in [0.3, 0.4) is 0 Å². The molecule has 0 aliphatic carbocycles. The van der Waals surface area contributed by atoms with Crippen molar-refractivity contribution in [1.82, 2.24) is 19.9 Å². The van der Waals surface area contributed by atoms with Crippen molar-refractivity contribution >= 4 is 29.1 Å². The van der Waals surface area contributed by atoms with Gasteiger partial charge in [0.25, 0.3) is 5.91 Å². The molecule has 3 aromatic rings. The monoisotopic (exact) mass is 413 g/mol. The number of hydrogen-bond acceptors (Lipinski definition) is 5. The first-order chi connectivity index (χ1) is 13.9. The fourth-order valence-electron chi connectivity index (χ4n) is 2.73. The summed E-state index contributed by atoms with van der Waals surface area (Å²) in [4.78, 5) is 26.3. The fraction of sp³-hybridized carbons (Fsp3) is 0.200. The van der Waals surface area contributed by atoms with Crippen molar-refractivity contribution in [2.24, 2.45) is 0 Å². The molecule has 2 aromatic carbocycles. The number of methoxy groups -OCH3 is 1. The first kappa shape index (κ1) is 20.3. The van der Waals surface area contributed by atoms with E-state index in [1.165, 1.54) is 11.9 Å². The highest BCUT2D eigenvalue weighted by atomic mass is 35.5. The van der Waals surface area contributed by atoms with E-state index >= 15 is 0 Å². The number of nitrogens with zero attached hydrogens (tertiary/aromatic N) is 4. The van der Waals surface area contributed by atoms with Gasteiger partial charge in [0.2, 0.25) is 5.91 Å². The molecule has 0 spiro atoms. The van der Waals surface area contributed by atoms with Crippen LogP contribution in [0.5, 0.6) is 5.75 Å². The number of amides is 2. The Labute approximate surface area is 173 Å². The van der Waals surface area contributed by atoms with Crippen molar-refractivity contribution in [2.45, 2.75) is 6.92 Å². The van der Waals surface area contributed by atoms with Gasteiger partial charge in [0.15, 0.2) is 5.69 Å². The van der Waals surface area contributed by atoms with Crippen molar-refractivity contribution < 1.29 is 14.3 Å². The Bertz CT molecular complexity index is 1050. The van der Waals surface area contributed by atoms with Gasteiger partial charge >= 0.3 is 0 Å². The van der Waals surface area contributed by atoms with E-state index in [0.717, 1.165) is 0 Å². The molecular weight excluding hydrogens is 394 g/mol. The number of aromatic nitrogens is 3. The Morgan fingerprint density at radius 2 is 1.97 bits per heavy atom. The Hall–Kier alpha value is -3.39. The summed E-state index contributed by atoms with van der Waals surface area (Å²) in [5, 5.41) is 11.2. The Morgan fingerprint density at radius 3 is 2.69 bits per heavy atom. The molecule has 9 heteroatoms. The van der Waals surface area contributed by atoms with Crippen LogP contribution in [0.15, 0.2) is 48.5 Å². The molecular formula is C20H20ClN5O3. The normalized spacial score (nSPS) is 10.5. The molecule has 8 nitrogen and oxygen atoms in total. The molecule has 150 valence electrons. The number of rotatable bonds is 6. The summed E-state index contributed by atoms with van der Waals surface area (Å²) < 4.78 is 6.77. The minimum atomic E-state index is -0.411. The second-order valence-electron chi connectivity index (χ2n) is 6.33. The van der Waals surface area contributed by atoms with Gasteiger partial charge in [-0.1, -0.05) is 35.0 Å². The number of likely N-dealkylation sites (N-methyl/N-ethyl adjacent to an activating group) is 1. The maximum absolute atomic E-state index is 12.8. The molecule has 0 saturated carbocycles. The third kappa shape index (κ3) is 4.55. The molecule has 0 atom stereocenters. The van der Waals surface area contributed by atoms with Crippen molar-refractivity contribution in [3.8, 4) is 11.4 Å². The molecule has 1 aromatic heterocycles. The van der Waals surface area contributed by atoms with Crippen molar-refractivity contribution in [3.05, 3.63) is 64.9 Å². The van der Waals surface area contributed by atoms with Crippen LogP contribution in [-0.4, -0.2) is 52.4 Å². The predicted octanol–water partition coefficient (Wildman–Crippen LogP) is 2.95. The van der Waals surface area contributed by atoms with E-state index in [1.807, 2.05) is 18.2 Å². The largest absolute Gasteiger partial charge is 0.497 e. The average molecular weight is 414 g/mol. The zero-order chi connectivity index (χ0) is 21.0. The molecule has 29 heavy (non-hydrogen) atoms. The number of ether oxygens (including phenoxy) is 1.